The standard InChI is InChI=1S/C19H23N5O5S/c1-12-15(17(25)22-13-5-7-14(8-6-13)30(20,27)28)16-18(29-12)21-11-24(19(16)26)10-4-9-23(2)3/h5-8,11H,4,9-10H2,1-3H3,(H,22,25)(H2,20,27,28). The molecule has 30 heavy (non-hydrogen) atoms. The lowest BCUT2D eigenvalue weighted by atomic mass is 10.1. The molecule has 3 N–H and O–H groups in total. The predicted molar refractivity (Wildman–Crippen MR) is 112 cm³/mol. The summed E-state index contributed by atoms with van der Waals surface area (Å²) in [5.74, 6) is -0.293. The van der Waals surface area contributed by atoms with Crippen LogP contribution in [0.1, 0.15) is 22.5 Å². The van der Waals surface area contributed by atoms with Gasteiger partial charge in [0.05, 0.1) is 10.5 Å². The lowest BCUT2D eigenvalue weighted by molar-refractivity contribution is 0.102. The molecule has 11 heteroatoms. The van der Waals surface area contributed by atoms with Crippen molar-refractivity contribution < 1.29 is 17.6 Å². The van der Waals surface area contributed by atoms with Crippen molar-refractivity contribution in [1.82, 2.24) is 14.5 Å². The Kier molecular flexibility index (Phi) is 6.06. The number of nitrogens with two attached hydrogens (primary N) is 1. The Labute approximate surface area is 173 Å². The summed E-state index contributed by atoms with van der Waals surface area (Å²) in [5.41, 5.74) is 0.178. The average Bonchev–Trinajstić information content (AvgIpc) is 3.00. The number of primary sulfonamides is 1. The molecule has 0 unspecified atom stereocenters. The van der Waals surface area contributed by atoms with Gasteiger partial charge >= 0.3 is 0 Å². The molecule has 0 aliphatic heterocycles. The molecule has 0 aliphatic carbocycles. The molecule has 0 bridgehead atoms. The quantitative estimate of drug-likeness (QED) is 0.569. The number of hydrogen-bond donors (Lipinski definition) is 2. The number of carbonyl (C=O) groups excluding carboxylic acids is 1. The fraction of sp³-hybridized carbons (Fsp3) is 0.316. The van der Waals surface area contributed by atoms with Gasteiger partial charge in [-0.15, -0.1) is 0 Å². The van der Waals surface area contributed by atoms with Gasteiger partial charge in [-0.05, 0) is 58.3 Å². The van der Waals surface area contributed by atoms with Gasteiger partial charge in [0.2, 0.25) is 15.7 Å². The van der Waals surface area contributed by atoms with E-state index in [1.807, 2.05) is 19.0 Å². The van der Waals surface area contributed by atoms with Crippen LogP contribution in [0.15, 0.2) is 44.7 Å². The second-order valence-electron chi connectivity index (χ2n) is 7.14. The number of fused-ring (bicyclic) bond motifs is 1. The summed E-state index contributed by atoms with van der Waals surface area (Å²) in [6, 6.07) is 5.38. The molecule has 10 nitrogen and oxygen atoms in total. The van der Waals surface area contributed by atoms with E-state index in [0.29, 0.717) is 12.2 Å². The Bertz CT molecular complexity index is 1240. The van der Waals surface area contributed by atoms with E-state index in [-0.39, 0.29) is 32.9 Å². The van der Waals surface area contributed by atoms with Crippen molar-refractivity contribution in [2.24, 2.45) is 5.14 Å². The zero-order chi connectivity index (χ0) is 22.1. The van der Waals surface area contributed by atoms with Crippen LogP contribution < -0.4 is 16.0 Å². The minimum Gasteiger partial charge on any atom is -0.442 e. The molecular weight excluding hydrogens is 410 g/mol. The average molecular weight is 433 g/mol. The van der Waals surface area contributed by atoms with E-state index in [1.54, 1.807) is 6.92 Å². The summed E-state index contributed by atoms with van der Waals surface area (Å²) in [6.45, 7) is 2.84. The molecule has 3 rings (SSSR count). The molecule has 0 saturated carbocycles. The molecular formula is C19H23N5O5S. The fourth-order valence-electron chi connectivity index (χ4n) is 3.05. The first kappa shape index (κ1) is 21.7. The van der Waals surface area contributed by atoms with Gasteiger partial charge in [0.25, 0.3) is 11.5 Å². The Balaban J connectivity index is 1.91. The largest absolute Gasteiger partial charge is 0.442 e. The lowest BCUT2D eigenvalue weighted by Gasteiger charge is -2.10. The van der Waals surface area contributed by atoms with Crippen molar-refractivity contribution in [3.8, 4) is 0 Å². The minimum atomic E-state index is -3.83. The van der Waals surface area contributed by atoms with Gasteiger partial charge in [-0.25, -0.2) is 18.5 Å². The number of anilines is 1. The van der Waals surface area contributed by atoms with Gasteiger partial charge in [-0.3, -0.25) is 14.2 Å². The van der Waals surface area contributed by atoms with Crippen LogP contribution in [0.25, 0.3) is 11.1 Å². The smallest absolute Gasteiger partial charge is 0.265 e. The Morgan fingerprint density at radius 1 is 1.27 bits per heavy atom. The number of carbonyl (C=O) groups is 1. The van der Waals surface area contributed by atoms with E-state index in [9.17, 15) is 18.0 Å². The summed E-state index contributed by atoms with van der Waals surface area (Å²) < 4.78 is 29.7. The van der Waals surface area contributed by atoms with Crippen molar-refractivity contribution in [1.29, 1.82) is 0 Å². The number of amides is 1. The van der Waals surface area contributed by atoms with Crippen LogP contribution in [-0.2, 0) is 16.6 Å². The molecule has 0 saturated heterocycles. The summed E-state index contributed by atoms with van der Waals surface area (Å²) in [5, 5.41) is 7.83. The SMILES string of the molecule is Cc1oc2ncn(CCCN(C)C)c(=O)c2c1C(=O)Nc1ccc(S(N)(=O)=O)cc1. The van der Waals surface area contributed by atoms with Crippen LogP contribution in [0.4, 0.5) is 5.69 Å². The molecule has 2 aromatic heterocycles. The monoisotopic (exact) mass is 433 g/mol. The maximum atomic E-state index is 12.9. The van der Waals surface area contributed by atoms with Crippen molar-refractivity contribution >= 4 is 32.7 Å². The third-order valence-electron chi connectivity index (χ3n) is 4.53. The van der Waals surface area contributed by atoms with E-state index in [2.05, 4.69) is 10.3 Å². The van der Waals surface area contributed by atoms with Crippen LogP contribution in [0.2, 0.25) is 0 Å². The Morgan fingerprint density at radius 3 is 2.53 bits per heavy atom. The van der Waals surface area contributed by atoms with Gasteiger partial charge in [0.1, 0.15) is 17.5 Å². The van der Waals surface area contributed by atoms with Crippen molar-refractivity contribution in [3.63, 3.8) is 0 Å². The van der Waals surface area contributed by atoms with Crippen LogP contribution in [0.3, 0.4) is 0 Å². The number of aryl methyl sites for hydroxylation is 2. The highest BCUT2D eigenvalue weighted by molar-refractivity contribution is 7.89. The van der Waals surface area contributed by atoms with Gasteiger partial charge in [0, 0.05) is 12.2 Å². The summed E-state index contributed by atoms with van der Waals surface area (Å²) in [7, 11) is 0.0586. The first-order valence-electron chi connectivity index (χ1n) is 9.15. The second-order valence-corrected chi connectivity index (χ2v) is 8.70. The third-order valence-corrected chi connectivity index (χ3v) is 5.46. The summed E-state index contributed by atoms with van der Waals surface area (Å²) >= 11 is 0. The molecule has 0 radical (unpaired) electrons. The number of nitrogens with one attached hydrogen (secondary N) is 1. The van der Waals surface area contributed by atoms with Crippen molar-refractivity contribution in [2.45, 2.75) is 24.8 Å². The van der Waals surface area contributed by atoms with E-state index in [1.165, 1.54) is 35.2 Å². The van der Waals surface area contributed by atoms with E-state index in [0.717, 1.165) is 13.0 Å². The van der Waals surface area contributed by atoms with Gasteiger partial charge in [0.15, 0.2) is 0 Å². The number of aromatic nitrogens is 2. The highest BCUT2D eigenvalue weighted by atomic mass is 32.2. The summed E-state index contributed by atoms with van der Waals surface area (Å²) in [6.07, 6.45) is 2.16. The zero-order valence-corrected chi connectivity index (χ0v) is 17.7. The molecule has 3 aromatic rings. The topological polar surface area (TPSA) is 141 Å². The maximum absolute atomic E-state index is 12.9. The van der Waals surface area contributed by atoms with Crippen molar-refractivity contribution in [2.75, 3.05) is 26.0 Å². The van der Waals surface area contributed by atoms with Crippen LogP contribution in [0.5, 0.6) is 0 Å². The number of sulfonamides is 1. The number of rotatable bonds is 7. The van der Waals surface area contributed by atoms with Gasteiger partial charge in [-0.2, -0.15) is 0 Å². The highest BCUT2D eigenvalue weighted by Gasteiger charge is 2.23. The number of hydrogen-bond acceptors (Lipinski definition) is 7. The molecule has 1 aromatic carbocycles. The Hall–Kier alpha value is -3.02. The highest BCUT2D eigenvalue weighted by Crippen LogP contribution is 2.22. The number of nitrogens with zero attached hydrogens (tertiary/aromatic N) is 3. The molecule has 0 spiro atoms. The van der Waals surface area contributed by atoms with E-state index >= 15 is 0 Å². The zero-order valence-electron chi connectivity index (χ0n) is 16.9. The van der Waals surface area contributed by atoms with Crippen LogP contribution in [-0.4, -0.2) is 49.4 Å². The Morgan fingerprint density at radius 2 is 1.93 bits per heavy atom. The first-order chi connectivity index (χ1) is 14.1. The normalized spacial score (nSPS) is 11.9. The van der Waals surface area contributed by atoms with E-state index < -0.39 is 15.9 Å². The number of furan rings is 1. The molecule has 160 valence electrons. The molecule has 0 atom stereocenters. The van der Waals surface area contributed by atoms with Gasteiger partial charge < -0.3 is 14.6 Å². The minimum absolute atomic E-state index is 0.0738. The number of benzene rings is 1. The lowest BCUT2D eigenvalue weighted by Crippen LogP contribution is -2.24. The molecule has 1 amide bonds. The van der Waals surface area contributed by atoms with E-state index in [4.69, 9.17) is 9.56 Å². The van der Waals surface area contributed by atoms with Crippen molar-refractivity contribution in [3.05, 3.63) is 52.3 Å². The summed E-state index contributed by atoms with van der Waals surface area (Å²) in [4.78, 5) is 31.9. The fourth-order valence-corrected chi connectivity index (χ4v) is 3.56. The molecule has 0 aliphatic rings. The third kappa shape index (κ3) is 4.58. The molecule has 2 heterocycles. The van der Waals surface area contributed by atoms with Gasteiger partial charge in [-0.1, -0.05) is 0 Å². The van der Waals surface area contributed by atoms with Crippen LogP contribution >= 0.6 is 0 Å². The first-order valence-corrected chi connectivity index (χ1v) is 10.7. The maximum Gasteiger partial charge on any atom is 0.265 e. The molecule has 0 fully saturated rings. The van der Waals surface area contributed by atoms with Crippen LogP contribution in [0, 0.1) is 6.92 Å². The predicted octanol–water partition coefficient (Wildman–Crippen LogP) is 1.15. The second kappa shape index (κ2) is 8.38.